The van der Waals surface area contributed by atoms with Gasteiger partial charge < -0.3 is 15.4 Å². The van der Waals surface area contributed by atoms with Crippen LogP contribution in [0, 0.1) is 6.92 Å². The Morgan fingerprint density at radius 2 is 2.18 bits per heavy atom. The first kappa shape index (κ1) is 12.0. The van der Waals surface area contributed by atoms with Crippen LogP contribution in [0.1, 0.15) is 31.2 Å². The Kier molecular flexibility index (Phi) is 3.67. The first-order valence-corrected chi connectivity index (χ1v) is 6.30. The number of rotatable bonds is 2. The zero-order valence-corrected chi connectivity index (χ0v) is 10.4. The highest BCUT2D eigenvalue weighted by Gasteiger charge is 2.21. The number of carbonyl (C=O) groups excluding carboxylic acids is 1. The second-order valence-corrected chi connectivity index (χ2v) is 4.79. The van der Waals surface area contributed by atoms with Crippen molar-refractivity contribution in [3.8, 4) is 0 Å². The van der Waals surface area contributed by atoms with Crippen molar-refractivity contribution in [3.63, 3.8) is 0 Å². The molecule has 1 aliphatic heterocycles. The molecule has 0 spiro atoms. The molecule has 92 valence electrons. The molecule has 0 radical (unpaired) electrons. The molecule has 0 aliphatic carbocycles. The summed E-state index contributed by atoms with van der Waals surface area (Å²) in [5, 5.41) is 0. The monoisotopic (exact) mass is 232 g/mol. The third-order valence-electron chi connectivity index (χ3n) is 3.49. The maximum absolute atomic E-state index is 11.2. The molecule has 2 N–H and O–H groups in total. The summed E-state index contributed by atoms with van der Waals surface area (Å²) in [6.45, 7) is 3.02. The fourth-order valence-corrected chi connectivity index (χ4v) is 2.58. The van der Waals surface area contributed by atoms with Gasteiger partial charge in [0.15, 0.2) is 0 Å². The molecular weight excluding hydrogens is 212 g/mol. The van der Waals surface area contributed by atoms with Crippen molar-refractivity contribution in [1.29, 1.82) is 0 Å². The van der Waals surface area contributed by atoms with E-state index in [-0.39, 0.29) is 6.04 Å². The van der Waals surface area contributed by atoms with E-state index in [4.69, 9.17) is 5.73 Å². The van der Waals surface area contributed by atoms with Crippen molar-refractivity contribution in [1.82, 2.24) is 0 Å². The van der Waals surface area contributed by atoms with Gasteiger partial charge in [0.25, 0.3) is 0 Å². The van der Waals surface area contributed by atoms with Crippen LogP contribution in [0.15, 0.2) is 18.2 Å². The SMILES string of the molecule is Cc1cc(N)ccc1N1CCCCCC1C=O. The van der Waals surface area contributed by atoms with Crippen molar-refractivity contribution in [2.75, 3.05) is 17.2 Å². The van der Waals surface area contributed by atoms with Crippen LogP contribution >= 0.6 is 0 Å². The highest BCUT2D eigenvalue weighted by atomic mass is 16.1. The Hall–Kier alpha value is -1.51. The van der Waals surface area contributed by atoms with E-state index in [9.17, 15) is 4.79 Å². The zero-order valence-electron chi connectivity index (χ0n) is 10.4. The summed E-state index contributed by atoms with van der Waals surface area (Å²) in [7, 11) is 0. The van der Waals surface area contributed by atoms with Gasteiger partial charge in [-0.2, -0.15) is 0 Å². The third kappa shape index (κ3) is 2.60. The Morgan fingerprint density at radius 1 is 1.35 bits per heavy atom. The fourth-order valence-electron chi connectivity index (χ4n) is 2.58. The van der Waals surface area contributed by atoms with Crippen LogP contribution in [0.2, 0.25) is 0 Å². The summed E-state index contributed by atoms with van der Waals surface area (Å²) >= 11 is 0. The summed E-state index contributed by atoms with van der Waals surface area (Å²) in [6.07, 6.45) is 5.57. The van der Waals surface area contributed by atoms with Crippen LogP contribution in [0.4, 0.5) is 11.4 Å². The second kappa shape index (κ2) is 5.21. The molecule has 2 rings (SSSR count). The van der Waals surface area contributed by atoms with Gasteiger partial charge in [-0.3, -0.25) is 0 Å². The smallest absolute Gasteiger partial charge is 0.142 e. The number of aldehydes is 1. The third-order valence-corrected chi connectivity index (χ3v) is 3.49. The molecular formula is C14H20N2O. The van der Waals surface area contributed by atoms with E-state index >= 15 is 0 Å². The van der Waals surface area contributed by atoms with Crippen molar-refractivity contribution >= 4 is 17.7 Å². The van der Waals surface area contributed by atoms with Crippen LogP contribution in [-0.2, 0) is 4.79 Å². The molecule has 0 bridgehead atoms. The molecule has 0 aromatic heterocycles. The van der Waals surface area contributed by atoms with Gasteiger partial charge in [0.05, 0.1) is 6.04 Å². The van der Waals surface area contributed by atoms with Gasteiger partial charge in [-0.25, -0.2) is 0 Å². The van der Waals surface area contributed by atoms with Crippen LogP contribution in [0.3, 0.4) is 0 Å². The molecule has 0 saturated carbocycles. The number of aryl methyl sites for hydroxylation is 1. The number of anilines is 2. The maximum atomic E-state index is 11.2. The maximum Gasteiger partial charge on any atom is 0.142 e. The fraction of sp³-hybridized carbons (Fsp3) is 0.500. The Morgan fingerprint density at radius 3 is 2.88 bits per heavy atom. The van der Waals surface area contributed by atoms with Gasteiger partial charge in [0.2, 0.25) is 0 Å². The number of hydrogen-bond acceptors (Lipinski definition) is 3. The Bertz CT molecular complexity index is 403. The lowest BCUT2D eigenvalue weighted by Crippen LogP contribution is -2.36. The number of carbonyl (C=O) groups is 1. The standard InChI is InChI=1S/C14H20N2O/c1-11-9-12(15)6-7-14(11)16-8-4-2-3-5-13(16)10-17/h6-7,9-10,13H,2-5,8,15H2,1H3. The van der Waals surface area contributed by atoms with E-state index in [1.165, 1.54) is 6.42 Å². The van der Waals surface area contributed by atoms with Gasteiger partial charge in [-0.05, 0) is 43.5 Å². The molecule has 1 fully saturated rings. The normalized spacial score (nSPS) is 21.0. The minimum Gasteiger partial charge on any atom is -0.399 e. The van der Waals surface area contributed by atoms with E-state index in [0.717, 1.165) is 49.0 Å². The Labute approximate surface area is 103 Å². The van der Waals surface area contributed by atoms with Gasteiger partial charge in [-0.1, -0.05) is 12.8 Å². The van der Waals surface area contributed by atoms with Gasteiger partial charge in [0.1, 0.15) is 6.29 Å². The summed E-state index contributed by atoms with van der Waals surface area (Å²) in [5.41, 5.74) is 8.85. The van der Waals surface area contributed by atoms with Crippen molar-refractivity contribution in [3.05, 3.63) is 23.8 Å². The van der Waals surface area contributed by atoms with Crippen molar-refractivity contribution in [2.45, 2.75) is 38.6 Å². The van der Waals surface area contributed by atoms with Crippen molar-refractivity contribution in [2.24, 2.45) is 0 Å². The molecule has 0 amide bonds. The number of hydrogen-bond donors (Lipinski definition) is 1. The van der Waals surface area contributed by atoms with Crippen LogP contribution in [0.5, 0.6) is 0 Å². The summed E-state index contributed by atoms with van der Waals surface area (Å²) < 4.78 is 0. The van der Waals surface area contributed by atoms with E-state index < -0.39 is 0 Å². The molecule has 1 unspecified atom stereocenters. The molecule has 3 nitrogen and oxygen atoms in total. The number of benzene rings is 1. The molecule has 1 aliphatic rings. The lowest BCUT2D eigenvalue weighted by molar-refractivity contribution is -0.109. The summed E-state index contributed by atoms with van der Waals surface area (Å²) in [5.74, 6) is 0. The topological polar surface area (TPSA) is 46.3 Å². The second-order valence-electron chi connectivity index (χ2n) is 4.79. The minimum atomic E-state index is 0.0276. The Balaban J connectivity index is 2.31. The molecule has 17 heavy (non-hydrogen) atoms. The highest BCUT2D eigenvalue weighted by molar-refractivity contribution is 5.69. The van der Waals surface area contributed by atoms with E-state index in [1.807, 2.05) is 18.2 Å². The predicted octanol–water partition coefficient (Wildman–Crippen LogP) is 2.53. The average molecular weight is 232 g/mol. The quantitative estimate of drug-likeness (QED) is 0.629. The highest BCUT2D eigenvalue weighted by Crippen LogP contribution is 2.27. The molecule has 1 heterocycles. The van der Waals surface area contributed by atoms with E-state index in [2.05, 4.69) is 11.8 Å². The predicted molar refractivity (Wildman–Crippen MR) is 71.3 cm³/mol. The van der Waals surface area contributed by atoms with Crippen molar-refractivity contribution < 1.29 is 4.79 Å². The molecule has 1 aromatic rings. The van der Waals surface area contributed by atoms with Gasteiger partial charge in [-0.15, -0.1) is 0 Å². The van der Waals surface area contributed by atoms with Crippen LogP contribution in [0.25, 0.3) is 0 Å². The molecule has 1 aromatic carbocycles. The first-order chi connectivity index (χ1) is 8.22. The van der Waals surface area contributed by atoms with Gasteiger partial charge >= 0.3 is 0 Å². The van der Waals surface area contributed by atoms with Crippen LogP contribution < -0.4 is 10.6 Å². The minimum absolute atomic E-state index is 0.0276. The van der Waals surface area contributed by atoms with Crippen LogP contribution in [-0.4, -0.2) is 18.9 Å². The molecule has 1 atom stereocenters. The molecule has 3 heteroatoms. The number of nitrogens with zero attached hydrogens (tertiary/aromatic N) is 1. The lowest BCUT2D eigenvalue weighted by Gasteiger charge is -2.29. The molecule has 1 saturated heterocycles. The average Bonchev–Trinajstić information content (AvgIpc) is 2.54. The number of nitrogens with two attached hydrogens (primary N) is 1. The van der Waals surface area contributed by atoms with Gasteiger partial charge in [0, 0.05) is 17.9 Å². The lowest BCUT2D eigenvalue weighted by atomic mass is 10.1. The summed E-state index contributed by atoms with van der Waals surface area (Å²) in [4.78, 5) is 13.4. The van der Waals surface area contributed by atoms with E-state index in [0.29, 0.717) is 0 Å². The number of nitrogen functional groups attached to an aromatic ring is 1. The summed E-state index contributed by atoms with van der Waals surface area (Å²) in [6, 6.07) is 5.95. The largest absolute Gasteiger partial charge is 0.399 e. The van der Waals surface area contributed by atoms with E-state index in [1.54, 1.807) is 0 Å². The zero-order chi connectivity index (χ0) is 12.3. The first-order valence-electron chi connectivity index (χ1n) is 6.30.